The molecule has 1 aliphatic rings. The lowest BCUT2D eigenvalue weighted by Gasteiger charge is -2.23. The van der Waals surface area contributed by atoms with Crippen LogP contribution >= 0.6 is 12.4 Å². The number of nitrogens with one attached hydrogen (secondary N) is 2. The van der Waals surface area contributed by atoms with E-state index in [9.17, 15) is 4.79 Å². The summed E-state index contributed by atoms with van der Waals surface area (Å²) in [6.07, 6.45) is 4.89. The lowest BCUT2D eigenvalue weighted by atomic mass is 9.98. The van der Waals surface area contributed by atoms with Crippen molar-refractivity contribution in [2.75, 3.05) is 13.1 Å². The van der Waals surface area contributed by atoms with Gasteiger partial charge in [-0.1, -0.05) is 60.7 Å². The minimum absolute atomic E-state index is 0. The van der Waals surface area contributed by atoms with Gasteiger partial charge in [-0.3, -0.25) is 9.48 Å². The van der Waals surface area contributed by atoms with Crippen LogP contribution in [0.15, 0.2) is 72.9 Å². The van der Waals surface area contributed by atoms with Gasteiger partial charge in [0, 0.05) is 12.7 Å². The zero-order valence-corrected chi connectivity index (χ0v) is 17.1. The Morgan fingerprint density at radius 2 is 1.83 bits per heavy atom. The summed E-state index contributed by atoms with van der Waals surface area (Å²) in [6.45, 7) is 1.97. The summed E-state index contributed by atoms with van der Waals surface area (Å²) >= 11 is 0. The number of carbonyl (C=O) groups is 1. The quantitative estimate of drug-likeness (QED) is 0.647. The molecule has 3 aromatic rings. The molecule has 4 rings (SSSR count). The van der Waals surface area contributed by atoms with Gasteiger partial charge in [0.05, 0.1) is 12.1 Å². The predicted octanol–water partition coefficient (Wildman–Crippen LogP) is 3.94. The van der Waals surface area contributed by atoms with Crippen LogP contribution in [0.4, 0.5) is 0 Å². The highest BCUT2D eigenvalue weighted by atomic mass is 35.5. The molecule has 2 aromatic carbocycles. The van der Waals surface area contributed by atoms with Gasteiger partial charge in [0.2, 0.25) is 0 Å². The number of carbonyl (C=O) groups excluding carboxylic acids is 1. The maximum atomic E-state index is 12.9. The van der Waals surface area contributed by atoms with Crippen LogP contribution in [0.2, 0.25) is 0 Å². The molecular formula is C23H27ClN4O. The van der Waals surface area contributed by atoms with Crippen molar-refractivity contribution in [2.45, 2.75) is 31.3 Å². The Hall–Kier alpha value is -2.63. The van der Waals surface area contributed by atoms with Crippen molar-refractivity contribution in [3.05, 3.63) is 89.7 Å². The minimum Gasteiger partial charge on any atom is -0.344 e. The predicted molar refractivity (Wildman–Crippen MR) is 117 cm³/mol. The second kappa shape index (κ2) is 10.2. The summed E-state index contributed by atoms with van der Waals surface area (Å²) in [5.74, 6) is -0.132. The van der Waals surface area contributed by atoms with Crippen LogP contribution < -0.4 is 10.6 Å². The molecule has 1 aromatic heterocycles. The van der Waals surface area contributed by atoms with Crippen molar-refractivity contribution in [2.24, 2.45) is 0 Å². The summed E-state index contributed by atoms with van der Waals surface area (Å²) in [7, 11) is 0. The molecule has 6 heteroatoms. The van der Waals surface area contributed by atoms with E-state index in [1.165, 1.54) is 5.56 Å². The fraction of sp³-hybridized carbons (Fsp3) is 0.304. The molecule has 0 radical (unpaired) electrons. The summed E-state index contributed by atoms with van der Waals surface area (Å²) in [6, 6.07) is 22.4. The number of benzene rings is 2. The first-order valence-corrected chi connectivity index (χ1v) is 9.95. The van der Waals surface area contributed by atoms with Gasteiger partial charge in [-0.2, -0.15) is 5.10 Å². The maximum Gasteiger partial charge on any atom is 0.272 e. The van der Waals surface area contributed by atoms with Crippen molar-refractivity contribution in [3.63, 3.8) is 0 Å². The third-order valence-electron chi connectivity index (χ3n) is 5.28. The molecule has 0 saturated carbocycles. The van der Waals surface area contributed by atoms with Crippen LogP contribution in [0.25, 0.3) is 0 Å². The lowest BCUT2D eigenvalue weighted by Crippen LogP contribution is -2.33. The van der Waals surface area contributed by atoms with Crippen molar-refractivity contribution in [1.82, 2.24) is 20.4 Å². The molecule has 2 atom stereocenters. The molecular weight excluding hydrogens is 384 g/mol. The Balaban J connectivity index is 0.00000240. The first-order chi connectivity index (χ1) is 13.8. The third kappa shape index (κ3) is 5.46. The SMILES string of the molecule is Cl.O=C(NC(Cc1ccccc1)c1ccccc1)c1ccn(C2CCCNC2)n1. The van der Waals surface area contributed by atoms with Crippen LogP contribution in [-0.4, -0.2) is 28.8 Å². The van der Waals surface area contributed by atoms with Crippen LogP contribution in [0.1, 0.15) is 46.5 Å². The smallest absolute Gasteiger partial charge is 0.272 e. The fourth-order valence-electron chi connectivity index (χ4n) is 3.74. The summed E-state index contributed by atoms with van der Waals surface area (Å²) in [4.78, 5) is 12.9. The Morgan fingerprint density at radius 1 is 1.10 bits per heavy atom. The van der Waals surface area contributed by atoms with E-state index < -0.39 is 0 Å². The second-order valence-electron chi connectivity index (χ2n) is 7.31. The zero-order valence-electron chi connectivity index (χ0n) is 16.3. The molecule has 1 amide bonds. The van der Waals surface area contributed by atoms with Crippen molar-refractivity contribution < 1.29 is 4.79 Å². The molecule has 1 fully saturated rings. The molecule has 2 unspecified atom stereocenters. The fourth-order valence-corrected chi connectivity index (χ4v) is 3.74. The molecule has 152 valence electrons. The Morgan fingerprint density at radius 3 is 2.52 bits per heavy atom. The highest BCUT2D eigenvalue weighted by molar-refractivity contribution is 5.92. The number of aromatic nitrogens is 2. The van der Waals surface area contributed by atoms with Gasteiger partial charge in [0.25, 0.3) is 5.91 Å². The van der Waals surface area contributed by atoms with Gasteiger partial charge in [-0.25, -0.2) is 0 Å². The Labute approximate surface area is 177 Å². The number of rotatable bonds is 6. The normalized spacial score (nSPS) is 17.2. The molecule has 2 heterocycles. The lowest BCUT2D eigenvalue weighted by molar-refractivity contribution is 0.0930. The van der Waals surface area contributed by atoms with E-state index in [1.807, 2.05) is 53.3 Å². The average Bonchev–Trinajstić information content (AvgIpc) is 3.26. The first kappa shape index (κ1) is 21.1. The average molecular weight is 411 g/mol. The number of piperidine rings is 1. The van der Waals surface area contributed by atoms with Gasteiger partial charge in [-0.15, -0.1) is 12.4 Å². The number of hydrogen-bond acceptors (Lipinski definition) is 3. The number of amides is 1. The molecule has 2 N–H and O–H groups in total. The number of nitrogens with zero attached hydrogens (tertiary/aromatic N) is 2. The monoisotopic (exact) mass is 410 g/mol. The molecule has 5 nitrogen and oxygen atoms in total. The minimum atomic E-state index is -0.132. The Kier molecular flexibility index (Phi) is 7.44. The van der Waals surface area contributed by atoms with Crippen LogP contribution in [0.3, 0.4) is 0 Å². The van der Waals surface area contributed by atoms with Crippen molar-refractivity contribution in [1.29, 1.82) is 0 Å². The molecule has 29 heavy (non-hydrogen) atoms. The van der Waals surface area contributed by atoms with E-state index in [-0.39, 0.29) is 24.4 Å². The Bertz CT molecular complexity index is 892. The highest BCUT2D eigenvalue weighted by Gasteiger charge is 2.20. The number of halogens is 1. The summed E-state index contributed by atoms with van der Waals surface area (Å²) in [5.41, 5.74) is 2.76. The van der Waals surface area contributed by atoms with Crippen LogP contribution in [0.5, 0.6) is 0 Å². The largest absolute Gasteiger partial charge is 0.344 e. The van der Waals surface area contributed by atoms with E-state index in [2.05, 4.69) is 40.0 Å². The van der Waals surface area contributed by atoms with E-state index in [4.69, 9.17) is 0 Å². The van der Waals surface area contributed by atoms with Crippen LogP contribution in [-0.2, 0) is 6.42 Å². The first-order valence-electron chi connectivity index (χ1n) is 9.95. The van der Waals surface area contributed by atoms with Gasteiger partial charge >= 0.3 is 0 Å². The van der Waals surface area contributed by atoms with Gasteiger partial charge in [0.15, 0.2) is 0 Å². The van der Waals surface area contributed by atoms with E-state index in [0.717, 1.165) is 37.9 Å². The summed E-state index contributed by atoms with van der Waals surface area (Å²) in [5, 5.41) is 11.1. The third-order valence-corrected chi connectivity index (χ3v) is 5.28. The topological polar surface area (TPSA) is 59.0 Å². The van der Waals surface area contributed by atoms with Crippen molar-refractivity contribution in [3.8, 4) is 0 Å². The number of hydrogen-bond donors (Lipinski definition) is 2. The van der Waals surface area contributed by atoms with E-state index >= 15 is 0 Å². The highest BCUT2D eigenvalue weighted by Crippen LogP contribution is 2.20. The molecule has 0 spiro atoms. The van der Waals surface area contributed by atoms with E-state index in [1.54, 1.807) is 0 Å². The zero-order chi connectivity index (χ0) is 19.2. The van der Waals surface area contributed by atoms with Gasteiger partial charge in [-0.05, 0) is 43.0 Å². The van der Waals surface area contributed by atoms with E-state index in [0.29, 0.717) is 11.7 Å². The molecule has 0 aliphatic carbocycles. The maximum absolute atomic E-state index is 12.9. The van der Waals surface area contributed by atoms with Crippen molar-refractivity contribution >= 4 is 18.3 Å². The van der Waals surface area contributed by atoms with Gasteiger partial charge < -0.3 is 10.6 Å². The molecule has 1 aliphatic heterocycles. The standard InChI is InChI=1S/C23H26N4O.ClH/c28-23(21-13-15-27(26-21)20-12-7-14-24-17-20)25-22(19-10-5-2-6-11-19)16-18-8-3-1-4-9-18;/h1-6,8-11,13,15,20,22,24H,7,12,14,16-17H2,(H,25,28);1H. The van der Waals surface area contributed by atoms with Gasteiger partial charge in [0.1, 0.15) is 5.69 Å². The second-order valence-corrected chi connectivity index (χ2v) is 7.31. The summed E-state index contributed by atoms with van der Waals surface area (Å²) < 4.78 is 1.93. The molecule has 0 bridgehead atoms. The van der Waals surface area contributed by atoms with Crippen LogP contribution in [0, 0.1) is 0 Å². The molecule has 1 saturated heterocycles.